The Morgan fingerprint density at radius 1 is 1.14 bits per heavy atom. The van der Waals surface area contributed by atoms with E-state index in [0.29, 0.717) is 13.0 Å². The number of aliphatic carboxylic acids is 1. The van der Waals surface area contributed by atoms with Crippen LogP contribution in [0.3, 0.4) is 0 Å². The molecule has 1 aromatic heterocycles. The minimum atomic E-state index is -0.693. The lowest BCUT2D eigenvalue weighted by atomic mass is 10.1. The van der Waals surface area contributed by atoms with Gasteiger partial charge in [0.2, 0.25) is 0 Å². The van der Waals surface area contributed by atoms with Gasteiger partial charge in [0.05, 0.1) is 18.2 Å². The fraction of sp³-hybridized carbons (Fsp3) is 0.304. The Balaban J connectivity index is 1.62. The van der Waals surface area contributed by atoms with Crippen LogP contribution in [0, 0.1) is 12.8 Å². The molecular formula is C23H25N3O2. The number of aromatic nitrogens is 2. The second-order valence-electron chi connectivity index (χ2n) is 7.61. The Labute approximate surface area is 165 Å². The highest BCUT2D eigenvalue weighted by molar-refractivity contribution is 5.70. The molecule has 2 aromatic carbocycles. The average Bonchev–Trinajstić information content (AvgIpc) is 3.30. The third kappa shape index (κ3) is 4.15. The van der Waals surface area contributed by atoms with Gasteiger partial charge in [0.1, 0.15) is 0 Å². The summed E-state index contributed by atoms with van der Waals surface area (Å²) in [4.78, 5) is 13.5. The first-order chi connectivity index (χ1) is 13.6. The number of hydrogen-bond acceptors (Lipinski definition) is 3. The number of carboxylic acids is 1. The van der Waals surface area contributed by atoms with Crippen LogP contribution in [0.2, 0.25) is 0 Å². The van der Waals surface area contributed by atoms with E-state index in [0.717, 1.165) is 36.5 Å². The van der Waals surface area contributed by atoms with Crippen molar-refractivity contribution < 1.29 is 9.90 Å². The van der Waals surface area contributed by atoms with Crippen molar-refractivity contribution in [3.8, 4) is 11.3 Å². The van der Waals surface area contributed by atoms with E-state index in [9.17, 15) is 9.90 Å². The largest absolute Gasteiger partial charge is 0.481 e. The molecule has 0 saturated carbocycles. The van der Waals surface area contributed by atoms with Crippen molar-refractivity contribution in [2.45, 2.75) is 26.4 Å². The van der Waals surface area contributed by atoms with Gasteiger partial charge in [-0.25, -0.2) is 0 Å². The van der Waals surface area contributed by atoms with Crippen LogP contribution in [0.1, 0.15) is 23.1 Å². The van der Waals surface area contributed by atoms with E-state index in [4.69, 9.17) is 5.10 Å². The van der Waals surface area contributed by atoms with Gasteiger partial charge in [0, 0.05) is 30.4 Å². The van der Waals surface area contributed by atoms with Crippen LogP contribution in [0.5, 0.6) is 0 Å². The van der Waals surface area contributed by atoms with Gasteiger partial charge in [-0.2, -0.15) is 5.10 Å². The molecule has 144 valence electrons. The van der Waals surface area contributed by atoms with E-state index in [-0.39, 0.29) is 5.92 Å². The second-order valence-corrected chi connectivity index (χ2v) is 7.61. The fourth-order valence-electron chi connectivity index (χ4n) is 3.88. The van der Waals surface area contributed by atoms with E-state index in [1.54, 1.807) is 0 Å². The SMILES string of the molecule is Cc1cccc(-c2nn(Cc3ccccc3)cc2CN2CCC(C(=O)O)C2)c1. The van der Waals surface area contributed by atoms with Gasteiger partial charge in [-0.15, -0.1) is 0 Å². The van der Waals surface area contributed by atoms with E-state index in [1.807, 2.05) is 22.9 Å². The van der Waals surface area contributed by atoms with Crippen LogP contribution in [0.15, 0.2) is 60.8 Å². The van der Waals surface area contributed by atoms with Crippen LogP contribution >= 0.6 is 0 Å². The lowest BCUT2D eigenvalue weighted by Crippen LogP contribution is -2.22. The molecule has 0 spiro atoms. The van der Waals surface area contributed by atoms with Gasteiger partial charge in [0.25, 0.3) is 0 Å². The van der Waals surface area contributed by atoms with Gasteiger partial charge in [-0.1, -0.05) is 54.1 Å². The minimum Gasteiger partial charge on any atom is -0.481 e. The molecule has 2 heterocycles. The summed E-state index contributed by atoms with van der Waals surface area (Å²) in [6, 6.07) is 18.7. The summed E-state index contributed by atoms with van der Waals surface area (Å²) in [6.45, 7) is 4.95. The molecule has 1 aliphatic heterocycles. The van der Waals surface area contributed by atoms with Gasteiger partial charge < -0.3 is 5.11 Å². The highest BCUT2D eigenvalue weighted by atomic mass is 16.4. The molecular weight excluding hydrogens is 350 g/mol. The van der Waals surface area contributed by atoms with Gasteiger partial charge >= 0.3 is 5.97 Å². The number of carbonyl (C=O) groups is 1. The van der Waals surface area contributed by atoms with Crippen LogP contribution < -0.4 is 0 Å². The molecule has 1 saturated heterocycles. The molecule has 1 unspecified atom stereocenters. The van der Waals surface area contributed by atoms with Crippen molar-refractivity contribution in [1.82, 2.24) is 14.7 Å². The molecule has 4 rings (SSSR count). The van der Waals surface area contributed by atoms with Gasteiger partial charge in [-0.05, 0) is 31.5 Å². The number of aryl methyl sites for hydroxylation is 1. The molecule has 1 aliphatic rings. The zero-order valence-electron chi connectivity index (χ0n) is 16.1. The summed E-state index contributed by atoms with van der Waals surface area (Å²) >= 11 is 0. The van der Waals surface area contributed by atoms with Crippen LogP contribution in [0.25, 0.3) is 11.3 Å². The summed E-state index contributed by atoms with van der Waals surface area (Å²) in [7, 11) is 0. The average molecular weight is 375 g/mol. The normalized spacial score (nSPS) is 17.1. The van der Waals surface area contributed by atoms with Crippen molar-refractivity contribution in [2.24, 2.45) is 5.92 Å². The molecule has 0 bridgehead atoms. The predicted molar refractivity (Wildman–Crippen MR) is 109 cm³/mol. The minimum absolute atomic E-state index is 0.262. The standard InChI is InChI=1S/C23H25N3O2/c1-17-6-5-9-19(12-17)22-21(15-25-11-10-20(14-25)23(27)28)16-26(24-22)13-18-7-3-2-4-8-18/h2-9,12,16,20H,10-11,13-15H2,1H3,(H,27,28). The first-order valence-electron chi connectivity index (χ1n) is 9.71. The maximum absolute atomic E-state index is 11.3. The number of nitrogens with zero attached hydrogens (tertiary/aromatic N) is 3. The second kappa shape index (κ2) is 7.98. The maximum Gasteiger partial charge on any atom is 0.307 e. The van der Waals surface area contributed by atoms with Crippen LogP contribution in [-0.2, 0) is 17.9 Å². The number of benzene rings is 2. The smallest absolute Gasteiger partial charge is 0.307 e. The van der Waals surface area contributed by atoms with Crippen molar-refractivity contribution in [2.75, 3.05) is 13.1 Å². The number of likely N-dealkylation sites (tertiary alicyclic amines) is 1. The Morgan fingerprint density at radius 2 is 1.96 bits per heavy atom. The summed E-state index contributed by atoms with van der Waals surface area (Å²) in [5, 5.41) is 14.2. The molecule has 5 nitrogen and oxygen atoms in total. The van der Waals surface area contributed by atoms with Crippen molar-refractivity contribution in [3.63, 3.8) is 0 Å². The summed E-state index contributed by atoms with van der Waals surface area (Å²) in [5.74, 6) is -0.956. The van der Waals surface area contributed by atoms with E-state index in [2.05, 4.69) is 54.4 Å². The molecule has 3 aromatic rings. The summed E-state index contributed by atoms with van der Waals surface area (Å²) in [6.07, 6.45) is 2.83. The van der Waals surface area contributed by atoms with Crippen molar-refractivity contribution >= 4 is 5.97 Å². The zero-order valence-corrected chi connectivity index (χ0v) is 16.1. The molecule has 1 N–H and O–H groups in total. The van der Waals surface area contributed by atoms with E-state index >= 15 is 0 Å². The predicted octanol–water partition coefficient (Wildman–Crippen LogP) is 3.81. The third-order valence-corrected chi connectivity index (χ3v) is 5.33. The molecule has 1 atom stereocenters. The number of hydrogen-bond donors (Lipinski definition) is 1. The number of carboxylic acid groups (broad SMARTS) is 1. The molecule has 0 amide bonds. The summed E-state index contributed by atoms with van der Waals surface area (Å²) in [5.41, 5.74) is 5.65. The first kappa shape index (κ1) is 18.4. The van der Waals surface area contributed by atoms with Crippen LogP contribution in [0.4, 0.5) is 0 Å². The Bertz CT molecular complexity index is 965. The molecule has 0 aliphatic carbocycles. The van der Waals surface area contributed by atoms with Crippen molar-refractivity contribution in [3.05, 3.63) is 77.5 Å². The first-order valence-corrected chi connectivity index (χ1v) is 9.71. The molecule has 1 fully saturated rings. The Kier molecular flexibility index (Phi) is 5.26. The molecule has 28 heavy (non-hydrogen) atoms. The highest BCUT2D eigenvalue weighted by Gasteiger charge is 2.28. The highest BCUT2D eigenvalue weighted by Crippen LogP contribution is 2.27. The maximum atomic E-state index is 11.3. The zero-order chi connectivity index (χ0) is 19.5. The monoisotopic (exact) mass is 375 g/mol. The van der Waals surface area contributed by atoms with Gasteiger partial charge in [-0.3, -0.25) is 14.4 Å². The molecule has 5 heteroatoms. The van der Waals surface area contributed by atoms with E-state index < -0.39 is 5.97 Å². The fourth-order valence-corrected chi connectivity index (χ4v) is 3.88. The van der Waals surface area contributed by atoms with Gasteiger partial charge in [0.15, 0.2) is 0 Å². The lowest BCUT2D eigenvalue weighted by Gasteiger charge is -2.15. The quantitative estimate of drug-likeness (QED) is 0.712. The topological polar surface area (TPSA) is 58.4 Å². The lowest BCUT2D eigenvalue weighted by molar-refractivity contribution is -0.141. The number of rotatable bonds is 6. The third-order valence-electron chi connectivity index (χ3n) is 5.33. The van der Waals surface area contributed by atoms with E-state index in [1.165, 1.54) is 11.1 Å². The Morgan fingerprint density at radius 3 is 2.68 bits per heavy atom. The summed E-state index contributed by atoms with van der Waals surface area (Å²) < 4.78 is 1.99. The van der Waals surface area contributed by atoms with Crippen molar-refractivity contribution in [1.29, 1.82) is 0 Å². The molecule has 0 radical (unpaired) electrons. The van der Waals surface area contributed by atoms with Crippen LogP contribution in [-0.4, -0.2) is 38.8 Å². The Hall–Kier alpha value is -2.92.